The van der Waals surface area contributed by atoms with E-state index < -0.39 is 0 Å². The standard InChI is InChI=1S/C13H22N2O/c16-12(15-10-3-1-2-4-10)11-9-13(11)5-7-14-8-6-13/h10-11,14H,1-9H2,(H,15,16). The third-order valence-electron chi connectivity index (χ3n) is 4.81. The maximum Gasteiger partial charge on any atom is 0.223 e. The van der Waals surface area contributed by atoms with Crippen LogP contribution in [0.5, 0.6) is 0 Å². The number of piperidine rings is 1. The smallest absolute Gasteiger partial charge is 0.223 e. The summed E-state index contributed by atoms with van der Waals surface area (Å²) in [7, 11) is 0. The van der Waals surface area contributed by atoms with Crippen molar-refractivity contribution in [1.82, 2.24) is 10.6 Å². The van der Waals surface area contributed by atoms with E-state index in [0.29, 0.717) is 23.3 Å². The first-order valence-electron chi connectivity index (χ1n) is 6.81. The molecule has 0 aromatic rings. The van der Waals surface area contributed by atoms with Crippen molar-refractivity contribution in [3.05, 3.63) is 0 Å². The van der Waals surface area contributed by atoms with Gasteiger partial charge in [-0.2, -0.15) is 0 Å². The zero-order valence-corrected chi connectivity index (χ0v) is 9.93. The summed E-state index contributed by atoms with van der Waals surface area (Å²) in [5.41, 5.74) is 0.397. The minimum absolute atomic E-state index is 0.343. The van der Waals surface area contributed by atoms with E-state index in [-0.39, 0.29) is 0 Å². The first-order valence-corrected chi connectivity index (χ1v) is 6.81. The van der Waals surface area contributed by atoms with E-state index in [9.17, 15) is 4.79 Å². The van der Waals surface area contributed by atoms with Crippen LogP contribution in [0.3, 0.4) is 0 Å². The van der Waals surface area contributed by atoms with Crippen LogP contribution in [0.25, 0.3) is 0 Å². The largest absolute Gasteiger partial charge is 0.353 e. The molecule has 2 saturated carbocycles. The molecule has 3 rings (SSSR count). The summed E-state index contributed by atoms with van der Waals surface area (Å²) in [5, 5.41) is 6.63. The summed E-state index contributed by atoms with van der Waals surface area (Å²) in [6.45, 7) is 2.21. The molecule has 1 atom stereocenters. The Hall–Kier alpha value is -0.570. The van der Waals surface area contributed by atoms with Crippen LogP contribution in [0.1, 0.15) is 44.9 Å². The maximum absolute atomic E-state index is 12.1. The summed E-state index contributed by atoms with van der Waals surface area (Å²) in [5.74, 6) is 0.698. The topological polar surface area (TPSA) is 41.1 Å². The van der Waals surface area contributed by atoms with Gasteiger partial charge in [0.15, 0.2) is 0 Å². The number of carbonyl (C=O) groups is 1. The molecule has 3 nitrogen and oxygen atoms in total. The quantitative estimate of drug-likeness (QED) is 0.742. The highest BCUT2D eigenvalue weighted by molar-refractivity contribution is 5.82. The molecular formula is C13H22N2O. The fourth-order valence-corrected chi connectivity index (χ4v) is 3.57. The van der Waals surface area contributed by atoms with Crippen molar-refractivity contribution >= 4 is 5.91 Å². The van der Waals surface area contributed by atoms with E-state index in [2.05, 4.69) is 10.6 Å². The number of amides is 1. The molecule has 1 heterocycles. The summed E-state index contributed by atoms with van der Waals surface area (Å²) in [6.07, 6.45) is 8.55. The van der Waals surface area contributed by atoms with Crippen molar-refractivity contribution in [2.75, 3.05) is 13.1 Å². The average Bonchev–Trinajstić information content (AvgIpc) is 2.76. The highest BCUT2D eigenvalue weighted by atomic mass is 16.2. The van der Waals surface area contributed by atoms with Gasteiger partial charge in [0.25, 0.3) is 0 Å². The molecule has 0 aromatic heterocycles. The van der Waals surface area contributed by atoms with Gasteiger partial charge in [-0.3, -0.25) is 4.79 Å². The number of hydrogen-bond acceptors (Lipinski definition) is 2. The van der Waals surface area contributed by atoms with Crippen LogP contribution in [-0.4, -0.2) is 25.0 Å². The third kappa shape index (κ3) is 1.86. The van der Waals surface area contributed by atoms with Gasteiger partial charge >= 0.3 is 0 Å². The Bertz CT molecular complexity index is 278. The molecule has 0 bridgehead atoms. The molecule has 16 heavy (non-hydrogen) atoms. The van der Waals surface area contributed by atoms with Crippen molar-refractivity contribution in [2.45, 2.75) is 51.0 Å². The summed E-state index contributed by atoms with van der Waals surface area (Å²) in [4.78, 5) is 12.1. The molecule has 0 aromatic carbocycles. The molecule has 90 valence electrons. The van der Waals surface area contributed by atoms with E-state index in [4.69, 9.17) is 0 Å². The van der Waals surface area contributed by atoms with Crippen molar-refractivity contribution in [3.8, 4) is 0 Å². The van der Waals surface area contributed by atoms with Gasteiger partial charge in [-0.25, -0.2) is 0 Å². The monoisotopic (exact) mass is 222 g/mol. The molecule has 0 radical (unpaired) electrons. The molecule has 3 heteroatoms. The second-order valence-electron chi connectivity index (χ2n) is 5.86. The molecule has 2 N–H and O–H groups in total. The van der Waals surface area contributed by atoms with Crippen molar-refractivity contribution in [1.29, 1.82) is 0 Å². The lowest BCUT2D eigenvalue weighted by Crippen LogP contribution is -2.37. The number of hydrogen-bond donors (Lipinski definition) is 2. The summed E-state index contributed by atoms with van der Waals surface area (Å²) < 4.78 is 0. The highest BCUT2D eigenvalue weighted by Crippen LogP contribution is 2.58. The van der Waals surface area contributed by atoms with Crippen molar-refractivity contribution < 1.29 is 4.79 Å². The lowest BCUT2D eigenvalue weighted by atomic mass is 9.91. The molecule has 2 aliphatic carbocycles. The highest BCUT2D eigenvalue weighted by Gasteiger charge is 2.57. The summed E-state index contributed by atoms with van der Waals surface area (Å²) in [6, 6.07) is 0.492. The lowest BCUT2D eigenvalue weighted by Gasteiger charge is -2.23. The Morgan fingerprint density at radius 1 is 1.19 bits per heavy atom. The van der Waals surface area contributed by atoms with Crippen molar-refractivity contribution in [3.63, 3.8) is 0 Å². The van der Waals surface area contributed by atoms with Gasteiger partial charge in [-0.15, -0.1) is 0 Å². The van der Waals surface area contributed by atoms with E-state index in [1.165, 1.54) is 38.5 Å². The number of nitrogens with one attached hydrogen (secondary N) is 2. The second-order valence-corrected chi connectivity index (χ2v) is 5.86. The zero-order valence-electron chi connectivity index (χ0n) is 9.93. The van der Waals surface area contributed by atoms with Crippen LogP contribution in [-0.2, 0) is 4.79 Å². The normalized spacial score (nSPS) is 32.9. The Kier molecular flexibility index (Phi) is 2.66. The fourth-order valence-electron chi connectivity index (χ4n) is 3.57. The van der Waals surface area contributed by atoms with E-state index >= 15 is 0 Å². The maximum atomic E-state index is 12.1. The SMILES string of the molecule is O=C(NC1CCCC1)C1CC12CCNCC2. The minimum Gasteiger partial charge on any atom is -0.353 e. The second kappa shape index (κ2) is 4.02. The van der Waals surface area contributed by atoms with E-state index in [0.717, 1.165) is 19.5 Å². The van der Waals surface area contributed by atoms with Crippen LogP contribution in [0.2, 0.25) is 0 Å². The van der Waals surface area contributed by atoms with E-state index in [1.807, 2.05) is 0 Å². The van der Waals surface area contributed by atoms with Crippen LogP contribution in [0.4, 0.5) is 0 Å². The first kappa shape index (κ1) is 10.6. The predicted molar refractivity (Wildman–Crippen MR) is 63.0 cm³/mol. The lowest BCUT2D eigenvalue weighted by molar-refractivity contribution is -0.124. The Morgan fingerprint density at radius 3 is 2.56 bits per heavy atom. The molecule has 1 saturated heterocycles. The number of rotatable bonds is 2. The van der Waals surface area contributed by atoms with Gasteiger partial charge in [0.1, 0.15) is 0 Å². The minimum atomic E-state index is 0.343. The molecule has 1 aliphatic heterocycles. The van der Waals surface area contributed by atoms with Crippen LogP contribution in [0, 0.1) is 11.3 Å². The number of carbonyl (C=O) groups excluding carboxylic acids is 1. The van der Waals surface area contributed by atoms with Crippen LogP contribution >= 0.6 is 0 Å². The molecule has 3 aliphatic rings. The molecular weight excluding hydrogens is 200 g/mol. The zero-order chi connectivity index (χ0) is 11.0. The predicted octanol–water partition coefficient (Wildman–Crippen LogP) is 1.43. The molecule has 3 fully saturated rings. The van der Waals surface area contributed by atoms with Gasteiger partial charge in [0.2, 0.25) is 5.91 Å². The first-order chi connectivity index (χ1) is 7.80. The van der Waals surface area contributed by atoms with Gasteiger partial charge in [-0.05, 0) is 50.6 Å². The Balaban J connectivity index is 1.52. The Labute approximate surface area is 97.4 Å². The van der Waals surface area contributed by atoms with Gasteiger partial charge < -0.3 is 10.6 Å². The molecule has 1 spiro atoms. The third-order valence-corrected chi connectivity index (χ3v) is 4.81. The summed E-state index contributed by atoms with van der Waals surface area (Å²) >= 11 is 0. The van der Waals surface area contributed by atoms with Gasteiger partial charge in [0, 0.05) is 12.0 Å². The van der Waals surface area contributed by atoms with E-state index in [1.54, 1.807) is 0 Å². The molecule has 1 unspecified atom stereocenters. The van der Waals surface area contributed by atoms with Crippen LogP contribution in [0.15, 0.2) is 0 Å². The van der Waals surface area contributed by atoms with Gasteiger partial charge in [-0.1, -0.05) is 12.8 Å². The fraction of sp³-hybridized carbons (Fsp3) is 0.923. The average molecular weight is 222 g/mol. The molecule has 1 amide bonds. The van der Waals surface area contributed by atoms with Gasteiger partial charge in [0.05, 0.1) is 0 Å². The Morgan fingerprint density at radius 2 is 1.88 bits per heavy atom. The van der Waals surface area contributed by atoms with Crippen molar-refractivity contribution in [2.24, 2.45) is 11.3 Å². The van der Waals surface area contributed by atoms with Crippen LogP contribution < -0.4 is 10.6 Å².